The summed E-state index contributed by atoms with van der Waals surface area (Å²) in [7, 11) is 0. The number of hydrogen-bond donors (Lipinski definition) is 0. The molecule has 0 amide bonds. The molecule has 0 aliphatic carbocycles. The molecule has 3 heteroatoms. The highest BCUT2D eigenvalue weighted by Gasteiger charge is 2.14. The molecule has 2 aromatic rings. The Morgan fingerprint density at radius 1 is 1.05 bits per heavy atom. The summed E-state index contributed by atoms with van der Waals surface area (Å²) in [5.74, 6) is 1.65. The first-order chi connectivity index (χ1) is 10.6. The highest BCUT2D eigenvalue weighted by Crippen LogP contribution is 2.36. The fourth-order valence-electron chi connectivity index (χ4n) is 2.62. The van der Waals surface area contributed by atoms with E-state index in [2.05, 4.69) is 51.1 Å². The standard InChI is InChI=1S/C19H22O3/c1-13(2)22-12-16-5-4-6-17(14(16)3)15-7-8-18-19(11-15)21-10-9-20-18/h4-8,11,13H,9-10,12H2,1-3H3. The lowest BCUT2D eigenvalue weighted by Crippen LogP contribution is -2.15. The molecule has 2 aromatic carbocycles. The van der Waals surface area contributed by atoms with Crippen molar-refractivity contribution in [2.75, 3.05) is 13.2 Å². The molecule has 0 spiro atoms. The average molecular weight is 298 g/mol. The van der Waals surface area contributed by atoms with Crippen molar-refractivity contribution in [1.82, 2.24) is 0 Å². The quantitative estimate of drug-likeness (QED) is 0.839. The Morgan fingerprint density at radius 2 is 1.82 bits per heavy atom. The van der Waals surface area contributed by atoms with Crippen LogP contribution in [0.4, 0.5) is 0 Å². The Hall–Kier alpha value is -2.00. The van der Waals surface area contributed by atoms with Crippen LogP contribution in [0.1, 0.15) is 25.0 Å². The van der Waals surface area contributed by atoms with E-state index in [1.165, 1.54) is 16.7 Å². The molecule has 0 bridgehead atoms. The molecule has 1 heterocycles. The summed E-state index contributed by atoms with van der Waals surface area (Å²) in [5.41, 5.74) is 4.83. The Labute approximate surface area is 131 Å². The number of fused-ring (bicyclic) bond motifs is 1. The smallest absolute Gasteiger partial charge is 0.161 e. The van der Waals surface area contributed by atoms with Crippen molar-refractivity contribution in [3.63, 3.8) is 0 Å². The largest absolute Gasteiger partial charge is 0.486 e. The first-order valence-electron chi connectivity index (χ1n) is 7.75. The monoisotopic (exact) mass is 298 g/mol. The SMILES string of the molecule is Cc1c(COC(C)C)cccc1-c1ccc2c(c1)OCCO2. The fraction of sp³-hybridized carbons (Fsp3) is 0.368. The average Bonchev–Trinajstić information content (AvgIpc) is 2.53. The summed E-state index contributed by atoms with van der Waals surface area (Å²) in [5, 5.41) is 0. The second-order valence-corrected chi connectivity index (χ2v) is 5.81. The van der Waals surface area contributed by atoms with Crippen LogP contribution in [0, 0.1) is 6.92 Å². The lowest BCUT2D eigenvalue weighted by Gasteiger charge is -2.20. The lowest BCUT2D eigenvalue weighted by atomic mass is 9.96. The van der Waals surface area contributed by atoms with Gasteiger partial charge in [-0.15, -0.1) is 0 Å². The van der Waals surface area contributed by atoms with Crippen molar-refractivity contribution in [1.29, 1.82) is 0 Å². The topological polar surface area (TPSA) is 27.7 Å². The van der Waals surface area contributed by atoms with Crippen molar-refractivity contribution in [2.24, 2.45) is 0 Å². The number of ether oxygens (including phenoxy) is 3. The van der Waals surface area contributed by atoms with Gasteiger partial charge in [0.15, 0.2) is 11.5 Å². The zero-order chi connectivity index (χ0) is 15.5. The van der Waals surface area contributed by atoms with E-state index in [4.69, 9.17) is 14.2 Å². The van der Waals surface area contributed by atoms with E-state index in [0.29, 0.717) is 19.8 Å². The van der Waals surface area contributed by atoms with E-state index >= 15 is 0 Å². The van der Waals surface area contributed by atoms with Crippen LogP contribution < -0.4 is 9.47 Å². The molecule has 0 saturated heterocycles. The maximum Gasteiger partial charge on any atom is 0.161 e. The highest BCUT2D eigenvalue weighted by molar-refractivity contribution is 5.71. The van der Waals surface area contributed by atoms with Gasteiger partial charge in [-0.25, -0.2) is 0 Å². The van der Waals surface area contributed by atoms with E-state index < -0.39 is 0 Å². The summed E-state index contributed by atoms with van der Waals surface area (Å²) >= 11 is 0. The molecular formula is C19H22O3. The van der Waals surface area contributed by atoms with Gasteiger partial charge in [0.05, 0.1) is 12.7 Å². The van der Waals surface area contributed by atoms with Crippen LogP contribution in [0.5, 0.6) is 11.5 Å². The van der Waals surface area contributed by atoms with Gasteiger partial charge in [-0.2, -0.15) is 0 Å². The van der Waals surface area contributed by atoms with Gasteiger partial charge in [-0.1, -0.05) is 24.3 Å². The second-order valence-electron chi connectivity index (χ2n) is 5.81. The van der Waals surface area contributed by atoms with Crippen LogP contribution in [-0.4, -0.2) is 19.3 Å². The van der Waals surface area contributed by atoms with Crippen LogP contribution in [0.3, 0.4) is 0 Å². The van der Waals surface area contributed by atoms with Crippen LogP contribution in [-0.2, 0) is 11.3 Å². The van der Waals surface area contributed by atoms with Crippen molar-refractivity contribution >= 4 is 0 Å². The fourth-order valence-corrected chi connectivity index (χ4v) is 2.62. The molecule has 3 nitrogen and oxygen atoms in total. The summed E-state index contributed by atoms with van der Waals surface area (Å²) in [4.78, 5) is 0. The molecule has 0 N–H and O–H groups in total. The molecule has 0 aromatic heterocycles. The first-order valence-corrected chi connectivity index (χ1v) is 7.75. The van der Waals surface area contributed by atoms with Crippen LogP contribution >= 0.6 is 0 Å². The minimum atomic E-state index is 0.234. The van der Waals surface area contributed by atoms with E-state index in [0.717, 1.165) is 17.1 Å². The molecule has 0 radical (unpaired) electrons. The third-order valence-corrected chi connectivity index (χ3v) is 3.87. The van der Waals surface area contributed by atoms with Gasteiger partial charge in [0, 0.05) is 0 Å². The molecule has 0 atom stereocenters. The third kappa shape index (κ3) is 3.09. The van der Waals surface area contributed by atoms with Crippen molar-refractivity contribution in [2.45, 2.75) is 33.5 Å². The molecule has 0 saturated carbocycles. The summed E-state index contributed by atoms with van der Waals surface area (Å²) in [6, 6.07) is 12.5. The molecule has 1 aliphatic heterocycles. The van der Waals surface area contributed by atoms with Crippen molar-refractivity contribution in [3.05, 3.63) is 47.5 Å². The first kappa shape index (κ1) is 14.9. The molecule has 116 valence electrons. The summed E-state index contributed by atoms with van der Waals surface area (Å²) in [6.07, 6.45) is 0.234. The Balaban J connectivity index is 1.93. The van der Waals surface area contributed by atoms with E-state index in [-0.39, 0.29) is 6.10 Å². The van der Waals surface area contributed by atoms with Gasteiger partial charge in [0.25, 0.3) is 0 Å². The maximum absolute atomic E-state index is 5.75. The number of benzene rings is 2. The van der Waals surface area contributed by atoms with E-state index in [1.807, 2.05) is 6.07 Å². The third-order valence-electron chi connectivity index (χ3n) is 3.87. The predicted octanol–water partition coefficient (Wildman–Crippen LogP) is 4.36. The van der Waals surface area contributed by atoms with Crippen LogP contribution in [0.15, 0.2) is 36.4 Å². The van der Waals surface area contributed by atoms with Gasteiger partial charge < -0.3 is 14.2 Å². The molecule has 1 aliphatic rings. The van der Waals surface area contributed by atoms with Crippen molar-refractivity contribution in [3.8, 4) is 22.6 Å². The molecule has 0 unspecified atom stereocenters. The summed E-state index contributed by atoms with van der Waals surface area (Å²) < 4.78 is 17.0. The normalized spacial score (nSPS) is 13.5. The van der Waals surface area contributed by atoms with Gasteiger partial charge in [-0.05, 0) is 55.2 Å². The molecule has 0 fully saturated rings. The predicted molar refractivity (Wildman–Crippen MR) is 87.5 cm³/mol. The molecule has 22 heavy (non-hydrogen) atoms. The van der Waals surface area contributed by atoms with E-state index in [1.54, 1.807) is 0 Å². The zero-order valence-electron chi connectivity index (χ0n) is 13.4. The second kappa shape index (κ2) is 6.41. The number of hydrogen-bond acceptors (Lipinski definition) is 3. The van der Waals surface area contributed by atoms with E-state index in [9.17, 15) is 0 Å². The molecule has 3 rings (SSSR count). The Kier molecular flexibility index (Phi) is 4.34. The van der Waals surface area contributed by atoms with Crippen LogP contribution in [0.25, 0.3) is 11.1 Å². The number of rotatable bonds is 4. The highest BCUT2D eigenvalue weighted by atomic mass is 16.6. The van der Waals surface area contributed by atoms with Gasteiger partial charge in [-0.3, -0.25) is 0 Å². The minimum absolute atomic E-state index is 0.234. The zero-order valence-corrected chi connectivity index (χ0v) is 13.4. The van der Waals surface area contributed by atoms with Gasteiger partial charge in [0.1, 0.15) is 13.2 Å². The molecular weight excluding hydrogens is 276 g/mol. The minimum Gasteiger partial charge on any atom is -0.486 e. The Morgan fingerprint density at radius 3 is 2.59 bits per heavy atom. The van der Waals surface area contributed by atoms with Gasteiger partial charge >= 0.3 is 0 Å². The van der Waals surface area contributed by atoms with Crippen molar-refractivity contribution < 1.29 is 14.2 Å². The Bertz CT molecular complexity index is 662. The summed E-state index contributed by atoms with van der Waals surface area (Å²) in [6.45, 7) is 8.12. The maximum atomic E-state index is 5.75. The van der Waals surface area contributed by atoms with Gasteiger partial charge in [0.2, 0.25) is 0 Å². The lowest BCUT2D eigenvalue weighted by molar-refractivity contribution is 0.0654. The van der Waals surface area contributed by atoms with Crippen LogP contribution in [0.2, 0.25) is 0 Å².